The first kappa shape index (κ1) is 31.0. The number of nitriles is 2. The van der Waals surface area contributed by atoms with Gasteiger partial charge >= 0.3 is 0 Å². The Hall–Kier alpha value is -7.80. The Labute approximate surface area is 310 Å². The third-order valence-electron chi connectivity index (χ3n) is 10.2. The lowest BCUT2D eigenvalue weighted by molar-refractivity contribution is 1.15. The maximum absolute atomic E-state index is 10.7. The molecule has 0 unspecified atom stereocenters. The van der Waals surface area contributed by atoms with Crippen molar-refractivity contribution in [1.82, 2.24) is 19.1 Å². The van der Waals surface area contributed by atoms with Crippen LogP contribution in [-0.4, -0.2) is 19.1 Å². The van der Waals surface area contributed by atoms with Crippen LogP contribution in [0.25, 0.3) is 88.9 Å². The molecule has 0 fully saturated rings. The third kappa shape index (κ3) is 4.87. The molecule has 0 aliphatic carbocycles. The summed E-state index contributed by atoms with van der Waals surface area (Å²) in [6, 6.07) is 61.9. The minimum absolute atomic E-state index is 0.411. The van der Waals surface area contributed by atoms with Crippen LogP contribution in [0.15, 0.2) is 170 Å². The van der Waals surface area contributed by atoms with Gasteiger partial charge in [-0.05, 0) is 54.6 Å². The predicted molar refractivity (Wildman–Crippen MR) is 216 cm³/mol. The second-order valence-corrected chi connectivity index (χ2v) is 13.3. The number of para-hydroxylation sites is 3. The van der Waals surface area contributed by atoms with E-state index in [2.05, 4.69) is 100 Å². The molecule has 0 radical (unpaired) electrons. The SMILES string of the molecule is N#Cc1cc(-n2c3ccccc3c3cc(-n4c5ccccc5c5ccccc54)ccc32)c(C#N)cc1-c1cc(-c2ccccc2)nc(-c2ccccc2)n1. The average Bonchev–Trinajstić information content (AvgIpc) is 3.76. The van der Waals surface area contributed by atoms with Gasteiger partial charge < -0.3 is 9.13 Å². The molecule has 0 amide bonds. The fraction of sp³-hybridized carbons (Fsp3) is 0. The Morgan fingerprint density at radius 3 is 1.56 bits per heavy atom. The molecule has 0 aliphatic heterocycles. The smallest absolute Gasteiger partial charge is 0.160 e. The highest BCUT2D eigenvalue weighted by Crippen LogP contribution is 2.39. The molecule has 7 aromatic carbocycles. The number of benzene rings is 7. The molecule has 3 heterocycles. The highest BCUT2D eigenvalue weighted by Gasteiger charge is 2.21. The van der Waals surface area contributed by atoms with Crippen LogP contribution in [0.1, 0.15) is 11.1 Å². The van der Waals surface area contributed by atoms with Gasteiger partial charge in [0.1, 0.15) is 6.07 Å². The fourth-order valence-electron chi connectivity index (χ4n) is 7.79. The zero-order valence-corrected chi connectivity index (χ0v) is 28.8. The van der Waals surface area contributed by atoms with E-state index in [1.54, 1.807) is 6.07 Å². The first-order valence-electron chi connectivity index (χ1n) is 17.7. The lowest BCUT2D eigenvalue weighted by Crippen LogP contribution is -2.02. The molecule has 0 N–H and O–H groups in total. The molecule has 0 saturated heterocycles. The Morgan fingerprint density at radius 2 is 0.926 bits per heavy atom. The zero-order chi connectivity index (χ0) is 36.2. The van der Waals surface area contributed by atoms with Crippen LogP contribution >= 0.6 is 0 Å². The van der Waals surface area contributed by atoms with Crippen LogP contribution in [0.3, 0.4) is 0 Å². The second-order valence-electron chi connectivity index (χ2n) is 13.3. The van der Waals surface area contributed by atoms with Gasteiger partial charge in [0.15, 0.2) is 5.82 Å². The van der Waals surface area contributed by atoms with Gasteiger partial charge in [-0.25, -0.2) is 9.97 Å². The summed E-state index contributed by atoms with van der Waals surface area (Å²) in [6.07, 6.45) is 0. The highest BCUT2D eigenvalue weighted by atomic mass is 15.0. The van der Waals surface area contributed by atoms with E-state index in [0.29, 0.717) is 33.9 Å². The Kier molecular flexibility index (Phi) is 7.15. The van der Waals surface area contributed by atoms with E-state index in [1.807, 2.05) is 84.9 Å². The largest absolute Gasteiger partial charge is 0.309 e. The van der Waals surface area contributed by atoms with E-state index in [9.17, 15) is 10.5 Å². The molecule has 10 aromatic rings. The first-order chi connectivity index (χ1) is 26.7. The van der Waals surface area contributed by atoms with Gasteiger partial charge in [0.2, 0.25) is 0 Å². The van der Waals surface area contributed by atoms with E-state index in [0.717, 1.165) is 55.3 Å². The van der Waals surface area contributed by atoms with E-state index in [4.69, 9.17) is 9.97 Å². The number of hydrogen-bond donors (Lipinski definition) is 0. The zero-order valence-electron chi connectivity index (χ0n) is 28.8. The van der Waals surface area contributed by atoms with Crippen molar-refractivity contribution in [2.24, 2.45) is 0 Å². The number of nitrogens with zero attached hydrogens (tertiary/aromatic N) is 6. The number of fused-ring (bicyclic) bond motifs is 6. The monoisotopic (exact) mass is 688 g/mol. The van der Waals surface area contributed by atoms with Gasteiger partial charge in [-0.3, -0.25) is 0 Å². The number of rotatable bonds is 5. The van der Waals surface area contributed by atoms with Gasteiger partial charge in [-0.2, -0.15) is 10.5 Å². The van der Waals surface area contributed by atoms with Crippen LogP contribution in [0.4, 0.5) is 0 Å². The third-order valence-corrected chi connectivity index (χ3v) is 10.2. The summed E-state index contributed by atoms with van der Waals surface area (Å²) < 4.78 is 4.42. The molecule has 250 valence electrons. The summed E-state index contributed by atoms with van der Waals surface area (Å²) in [5.41, 5.74) is 10.3. The van der Waals surface area contributed by atoms with Gasteiger partial charge in [0.25, 0.3) is 0 Å². The van der Waals surface area contributed by atoms with E-state index in [1.165, 1.54) is 10.8 Å². The molecular formula is C48H28N6. The molecule has 0 aliphatic rings. The molecule has 0 spiro atoms. The van der Waals surface area contributed by atoms with Crippen molar-refractivity contribution >= 4 is 43.6 Å². The Balaban J connectivity index is 1.19. The molecule has 6 nitrogen and oxygen atoms in total. The van der Waals surface area contributed by atoms with Crippen molar-refractivity contribution < 1.29 is 0 Å². The average molecular weight is 689 g/mol. The number of hydrogen-bond acceptors (Lipinski definition) is 4. The summed E-state index contributed by atoms with van der Waals surface area (Å²) in [5.74, 6) is 0.542. The summed E-state index contributed by atoms with van der Waals surface area (Å²) >= 11 is 0. The van der Waals surface area contributed by atoms with Crippen molar-refractivity contribution in [3.8, 4) is 57.4 Å². The summed E-state index contributed by atoms with van der Waals surface area (Å²) in [5, 5.41) is 25.9. The number of aromatic nitrogens is 4. The maximum atomic E-state index is 10.7. The Bertz CT molecular complexity index is 3070. The van der Waals surface area contributed by atoms with Crippen molar-refractivity contribution in [2.45, 2.75) is 0 Å². The fourth-order valence-corrected chi connectivity index (χ4v) is 7.79. The van der Waals surface area contributed by atoms with Crippen LogP contribution in [0.5, 0.6) is 0 Å². The normalized spacial score (nSPS) is 11.3. The van der Waals surface area contributed by atoms with Crippen LogP contribution in [-0.2, 0) is 0 Å². The minimum atomic E-state index is 0.411. The van der Waals surface area contributed by atoms with Crippen molar-refractivity contribution in [3.05, 3.63) is 181 Å². The van der Waals surface area contributed by atoms with E-state index in [-0.39, 0.29) is 0 Å². The molecule has 0 bridgehead atoms. The summed E-state index contributed by atoms with van der Waals surface area (Å²) in [7, 11) is 0. The van der Waals surface area contributed by atoms with Crippen LogP contribution in [0, 0.1) is 22.7 Å². The van der Waals surface area contributed by atoms with Gasteiger partial charge in [0, 0.05) is 43.9 Å². The van der Waals surface area contributed by atoms with Crippen LogP contribution in [0.2, 0.25) is 0 Å². The van der Waals surface area contributed by atoms with Crippen molar-refractivity contribution in [1.29, 1.82) is 10.5 Å². The standard InChI is InChI=1S/C48H28N6/c49-29-33-26-47(34(30-50)25-39(33)42-28-41(31-13-3-1-4-14-31)51-48(52-42)32-15-5-2-6-16-32)54-45-22-12-9-19-38(45)40-27-35(23-24-46(40)54)53-43-20-10-7-17-36(43)37-18-8-11-21-44(37)53/h1-28H. The first-order valence-corrected chi connectivity index (χ1v) is 17.7. The van der Waals surface area contributed by atoms with E-state index >= 15 is 0 Å². The predicted octanol–water partition coefficient (Wildman–Crippen LogP) is 11.4. The second kappa shape index (κ2) is 12.5. The van der Waals surface area contributed by atoms with Gasteiger partial charge in [0.05, 0.1) is 56.3 Å². The lowest BCUT2D eigenvalue weighted by Gasteiger charge is -2.15. The summed E-state index contributed by atoms with van der Waals surface area (Å²) in [6.45, 7) is 0. The van der Waals surface area contributed by atoms with Crippen molar-refractivity contribution in [3.63, 3.8) is 0 Å². The topological polar surface area (TPSA) is 83.2 Å². The summed E-state index contributed by atoms with van der Waals surface area (Å²) in [4.78, 5) is 9.89. The molecule has 0 saturated carbocycles. The molecule has 6 heteroatoms. The highest BCUT2D eigenvalue weighted by molar-refractivity contribution is 6.12. The molecular weight excluding hydrogens is 661 g/mol. The maximum Gasteiger partial charge on any atom is 0.160 e. The molecule has 3 aromatic heterocycles. The van der Waals surface area contributed by atoms with E-state index < -0.39 is 0 Å². The minimum Gasteiger partial charge on any atom is -0.309 e. The molecule has 0 atom stereocenters. The molecule has 54 heavy (non-hydrogen) atoms. The van der Waals surface area contributed by atoms with Crippen molar-refractivity contribution in [2.75, 3.05) is 0 Å². The van der Waals surface area contributed by atoms with Crippen LogP contribution < -0.4 is 0 Å². The quantitative estimate of drug-likeness (QED) is 0.180. The molecule has 10 rings (SSSR count). The lowest BCUT2D eigenvalue weighted by atomic mass is 9.98. The Morgan fingerprint density at radius 1 is 0.407 bits per heavy atom. The van der Waals surface area contributed by atoms with Gasteiger partial charge in [-0.1, -0.05) is 115 Å². The van der Waals surface area contributed by atoms with Gasteiger partial charge in [-0.15, -0.1) is 0 Å².